The van der Waals surface area contributed by atoms with Crippen molar-refractivity contribution in [2.24, 2.45) is 0 Å². The maximum absolute atomic E-state index is 13.9. The minimum absolute atomic E-state index is 0.0313. The molecule has 2 heterocycles. The first kappa shape index (κ1) is 26.6. The molecule has 1 aromatic heterocycles. The molecule has 1 N–H and O–H groups in total. The molecule has 0 saturated carbocycles. The fourth-order valence-electron chi connectivity index (χ4n) is 4.58. The van der Waals surface area contributed by atoms with E-state index in [2.05, 4.69) is 25.8 Å². The summed E-state index contributed by atoms with van der Waals surface area (Å²) in [7, 11) is 0. The van der Waals surface area contributed by atoms with E-state index in [4.69, 9.17) is 4.74 Å². The van der Waals surface area contributed by atoms with Gasteiger partial charge in [-0.1, -0.05) is 63.3 Å². The first-order chi connectivity index (χ1) is 18.6. The molecule has 1 aliphatic rings. The van der Waals surface area contributed by atoms with Gasteiger partial charge >= 0.3 is 5.91 Å². The number of halogens is 1. The fraction of sp³-hybridized carbons (Fsp3) is 0.258. The molecule has 1 fully saturated rings. The van der Waals surface area contributed by atoms with Crippen molar-refractivity contribution in [3.8, 4) is 5.75 Å². The third-order valence-electron chi connectivity index (χ3n) is 6.68. The van der Waals surface area contributed by atoms with Crippen molar-refractivity contribution in [3.05, 3.63) is 94.8 Å². The molecule has 3 aromatic carbocycles. The second kappa shape index (κ2) is 10.3. The normalized spacial score (nSPS) is 17.3. The minimum atomic E-state index is -0.916. The van der Waals surface area contributed by atoms with Gasteiger partial charge in [0.15, 0.2) is 5.13 Å². The third kappa shape index (κ3) is 5.04. The monoisotopic (exact) mass is 544 g/mol. The molecule has 5 rings (SSSR count). The summed E-state index contributed by atoms with van der Waals surface area (Å²) in [5.74, 6) is -1.67. The van der Waals surface area contributed by atoms with Gasteiger partial charge in [-0.15, -0.1) is 0 Å². The largest absolute Gasteiger partial charge is 0.507 e. The van der Waals surface area contributed by atoms with E-state index in [1.807, 2.05) is 31.2 Å². The Kier molecular flexibility index (Phi) is 6.99. The number of nitrogens with zero attached hydrogens (tertiary/aromatic N) is 2. The SMILES string of the molecule is CCCOc1ccc(/C(O)=C2\C(=O)C(=O)N(c3nc4ccc(F)cc4s3)C2c2ccc(C(C)(C)C)cc2)cc1. The third-order valence-corrected chi connectivity index (χ3v) is 7.70. The quantitative estimate of drug-likeness (QED) is 0.158. The van der Waals surface area contributed by atoms with Gasteiger partial charge in [0.1, 0.15) is 17.3 Å². The number of aromatic nitrogens is 1. The van der Waals surface area contributed by atoms with Crippen molar-refractivity contribution in [3.63, 3.8) is 0 Å². The number of hydrogen-bond acceptors (Lipinski definition) is 6. The molecule has 1 atom stereocenters. The molecule has 6 nitrogen and oxygen atoms in total. The molecule has 0 radical (unpaired) electrons. The molecule has 1 aliphatic heterocycles. The first-order valence-electron chi connectivity index (χ1n) is 12.8. The molecule has 4 aromatic rings. The van der Waals surface area contributed by atoms with Crippen LogP contribution in [0.3, 0.4) is 0 Å². The van der Waals surface area contributed by atoms with Crippen LogP contribution in [0.25, 0.3) is 16.0 Å². The summed E-state index contributed by atoms with van der Waals surface area (Å²) in [6.07, 6.45) is 0.859. The fourth-order valence-corrected chi connectivity index (χ4v) is 5.60. The molecule has 1 saturated heterocycles. The van der Waals surface area contributed by atoms with Crippen LogP contribution in [0.4, 0.5) is 9.52 Å². The molecule has 0 bridgehead atoms. The van der Waals surface area contributed by atoms with Crippen molar-refractivity contribution in [2.45, 2.75) is 45.6 Å². The zero-order valence-corrected chi connectivity index (χ0v) is 23.0. The first-order valence-corrected chi connectivity index (χ1v) is 13.6. The van der Waals surface area contributed by atoms with E-state index in [0.717, 1.165) is 23.3 Å². The highest BCUT2D eigenvalue weighted by Gasteiger charge is 2.48. The predicted molar refractivity (Wildman–Crippen MR) is 152 cm³/mol. The highest BCUT2D eigenvalue weighted by molar-refractivity contribution is 7.22. The summed E-state index contributed by atoms with van der Waals surface area (Å²) in [6.45, 7) is 8.87. The Balaban J connectivity index is 1.65. The number of hydrogen-bond donors (Lipinski definition) is 1. The van der Waals surface area contributed by atoms with Gasteiger partial charge in [-0.25, -0.2) is 9.37 Å². The number of rotatable bonds is 6. The molecular formula is C31H29FN2O4S. The number of aliphatic hydroxyl groups is 1. The molecule has 0 aliphatic carbocycles. The van der Waals surface area contributed by atoms with Gasteiger partial charge in [-0.3, -0.25) is 14.5 Å². The van der Waals surface area contributed by atoms with Crippen molar-refractivity contribution in [2.75, 3.05) is 11.5 Å². The number of amides is 1. The van der Waals surface area contributed by atoms with Gasteiger partial charge in [-0.05, 0) is 65.4 Å². The van der Waals surface area contributed by atoms with Crippen molar-refractivity contribution >= 4 is 44.1 Å². The lowest BCUT2D eigenvalue weighted by Gasteiger charge is -2.24. The van der Waals surface area contributed by atoms with Crippen LogP contribution in [0.15, 0.2) is 72.3 Å². The van der Waals surface area contributed by atoms with Crippen LogP contribution in [0, 0.1) is 5.82 Å². The van der Waals surface area contributed by atoms with Crippen LogP contribution in [0.1, 0.15) is 56.8 Å². The lowest BCUT2D eigenvalue weighted by molar-refractivity contribution is -0.132. The molecular weight excluding hydrogens is 515 g/mol. The number of ketones is 1. The van der Waals surface area contributed by atoms with Crippen LogP contribution in [0.2, 0.25) is 0 Å². The number of Topliss-reactive ketones (excluding diaryl/α,β-unsaturated/α-hetero) is 1. The summed E-state index contributed by atoms with van der Waals surface area (Å²) in [4.78, 5) is 32.8. The minimum Gasteiger partial charge on any atom is -0.507 e. The average Bonchev–Trinajstić information content (AvgIpc) is 3.44. The van der Waals surface area contributed by atoms with Crippen molar-refractivity contribution in [1.82, 2.24) is 4.98 Å². The van der Waals surface area contributed by atoms with Crippen LogP contribution in [0.5, 0.6) is 5.75 Å². The van der Waals surface area contributed by atoms with E-state index in [-0.39, 0.29) is 21.9 Å². The van der Waals surface area contributed by atoms with Gasteiger partial charge in [0, 0.05) is 5.56 Å². The average molecular weight is 545 g/mol. The summed E-state index contributed by atoms with van der Waals surface area (Å²) in [6, 6.07) is 17.7. The van der Waals surface area contributed by atoms with Crippen LogP contribution in [-0.4, -0.2) is 28.4 Å². The summed E-state index contributed by atoms with van der Waals surface area (Å²) in [5.41, 5.74) is 2.51. The Labute approximate surface area is 230 Å². The Bertz CT molecular complexity index is 1580. The van der Waals surface area contributed by atoms with Crippen LogP contribution >= 0.6 is 11.3 Å². The van der Waals surface area contributed by atoms with E-state index in [1.54, 1.807) is 24.3 Å². The van der Waals surface area contributed by atoms with Crippen molar-refractivity contribution < 1.29 is 23.8 Å². The number of fused-ring (bicyclic) bond motifs is 1. The number of aliphatic hydroxyl groups excluding tert-OH is 1. The Morgan fingerprint density at radius 1 is 1.05 bits per heavy atom. The Morgan fingerprint density at radius 2 is 1.74 bits per heavy atom. The number of carbonyl (C=O) groups is 2. The highest BCUT2D eigenvalue weighted by atomic mass is 32.1. The molecule has 200 valence electrons. The van der Waals surface area contributed by atoms with Gasteiger partial charge in [-0.2, -0.15) is 0 Å². The lowest BCUT2D eigenvalue weighted by Crippen LogP contribution is -2.29. The zero-order valence-electron chi connectivity index (χ0n) is 22.2. The number of anilines is 1. The zero-order chi connectivity index (χ0) is 27.9. The standard InChI is InChI=1S/C31H29FN2O4S/c1-5-16-38-22-13-8-19(9-14-22)27(35)25-26(18-6-10-20(11-7-18)31(2,3)4)34(29(37)28(25)36)30-33-23-15-12-21(32)17-24(23)39-30/h6-15,17,26,35H,5,16H2,1-4H3/b27-25+. The summed E-state index contributed by atoms with van der Waals surface area (Å²) < 4.78 is 20.1. The Morgan fingerprint density at radius 3 is 2.38 bits per heavy atom. The second-order valence-electron chi connectivity index (χ2n) is 10.5. The topological polar surface area (TPSA) is 79.7 Å². The van der Waals surface area contributed by atoms with E-state index in [1.165, 1.54) is 23.1 Å². The van der Waals surface area contributed by atoms with Gasteiger partial charge in [0.25, 0.3) is 5.78 Å². The second-order valence-corrected chi connectivity index (χ2v) is 11.5. The number of benzene rings is 3. The van der Waals surface area contributed by atoms with E-state index < -0.39 is 23.5 Å². The Hall–Kier alpha value is -4.04. The molecule has 1 unspecified atom stereocenters. The maximum atomic E-state index is 13.9. The van der Waals surface area contributed by atoms with Gasteiger partial charge in [0.05, 0.1) is 28.4 Å². The summed E-state index contributed by atoms with van der Waals surface area (Å²) in [5, 5.41) is 11.7. The number of ether oxygens (including phenoxy) is 1. The van der Waals surface area contributed by atoms with E-state index in [9.17, 15) is 19.1 Å². The number of thiazole rings is 1. The van der Waals surface area contributed by atoms with E-state index >= 15 is 0 Å². The summed E-state index contributed by atoms with van der Waals surface area (Å²) >= 11 is 1.12. The smallest absolute Gasteiger partial charge is 0.301 e. The molecule has 0 spiro atoms. The van der Waals surface area contributed by atoms with Crippen molar-refractivity contribution in [1.29, 1.82) is 0 Å². The lowest BCUT2D eigenvalue weighted by atomic mass is 9.85. The molecule has 39 heavy (non-hydrogen) atoms. The highest BCUT2D eigenvalue weighted by Crippen LogP contribution is 2.44. The maximum Gasteiger partial charge on any atom is 0.301 e. The predicted octanol–water partition coefficient (Wildman–Crippen LogP) is 7.15. The van der Waals surface area contributed by atoms with E-state index in [0.29, 0.717) is 33.7 Å². The van der Waals surface area contributed by atoms with Crippen LogP contribution < -0.4 is 9.64 Å². The number of carbonyl (C=O) groups excluding carboxylic acids is 2. The van der Waals surface area contributed by atoms with Gasteiger partial charge < -0.3 is 9.84 Å². The molecule has 8 heteroatoms. The van der Waals surface area contributed by atoms with Crippen LogP contribution in [-0.2, 0) is 15.0 Å². The molecule has 1 amide bonds. The van der Waals surface area contributed by atoms with Gasteiger partial charge in [0.2, 0.25) is 0 Å².